The Morgan fingerprint density at radius 2 is 1.77 bits per heavy atom. The van der Waals surface area contributed by atoms with Gasteiger partial charge in [-0.2, -0.15) is 0 Å². The van der Waals surface area contributed by atoms with Crippen LogP contribution in [0.15, 0.2) is 48.5 Å². The van der Waals surface area contributed by atoms with Gasteiger partial charge in [0, 0.05) is 24.8 Å². The van der Waals surface area contributed by atoms with Crippen LogP contribution in [0.1, 0.15) is 5.56 Å². The number of amides is 2. The normalized spacial score (nSPS) is 10.1. The van der Waals surface area contributed by atoms with E-state index in [1.807, 2.05) is 0 Å². The fourth-order valence-corrected chi connectivity index (χ4v) is 1.84. The van der Waals surface area contributed by atoms with Crippen molar-refractivity contribution >= 4 is 17.5 Å². The molecule has 0 aliphatic heterocycles. The van der Waals surface area contributed by atoms with Gasteiger partial charge in [-0.3, -0.25) is 9.59 Å². The molecule has 2 rings (SSSR count). The fourth-order valence-electron chi connectivity index (χ4n) is 1.84. The third-order valence-corrected chi connectivity index (χ3v) is 3.13. The third-order valence-electron chi connectivity index (χ3n) is 3.13. The molecular weight excluding hydrogens is 287 g/mol. The lowest BCUT2D eigenvalue weighted by molar-refractivity contribution is -0.137. The minimum absolute atomic E-state index is 0.0635. The number of phenols is 1. The highest BCUT2D eigenvalue weighted by molar-refractivity contribution is 6.40. The second-order valence-electron chi connectivity index (χ2n) is 4.65. The number of likely N-dealkylation sites (N-methyl/N-ethyl adjacent to an activating group) is 1. The van der Waals surface area contributed by atoms with E-state index in [9.17, 15) is 19.1 Å². The Kier molecular flexibility index (Phi) is 4.73. The van der Waals surface area contributed by atoms with E-state index in [0.29, 0.717) is 11.3 Å². The van der Waals surface area contributed by atoms with Crippen molar-refractivity contribution < 1.29 is 19.1 Å². The molecule has 2 amide bonds. The quantitative estimate of drug-likeness (QED) is 0.850. The van der Waals surface area contributed by atoms with E-state index in [0.717, 1.165) is 4.90 Å². The molecule has 5 nitrogen and oxygen atoms in total. The molecule has 2 N–H and O–H groups in total. The van der Waals surface area contributed by atoms with Gasteiger partial charge in [0.05, 0.1) is 0 Å². The zero-order valence-electron chi connectivity index (χ0n) is 11.9. The Morgan fingerprint density at radius 1 is 1.14 bits per heavy atom. The van der Waals surface area contributed by atoms with Crippen LogP contribution < -0.4 is 10.2 Å². The van der Waals surface area contributed by atoms with E-state index < -0.39 is 17.6 Å². The van der Waals surface area contributed by atoms with E-state index >= 15 is 0 Å². The molecule has 2 aromatic rings. The molecule has 0 atom stereocenters. The van der Waals surface area contributed by atoms with E-state index in [1.54, 1.807) is 12.1 Å². The Morgan fingerprint density at radius 3 is 2.41 bits per heavy atom. The molecule has 0 saturated heterocycles. The fraction of sp³-hybridized carbons (Fsp3) is 0.125. The molecule has 6 heteroatoms. The number of carbonyl (C=O) groups is 2. The van der Waals surface area contributed by atoms with Crippen molar-refractivity contribution in [3.8, 4) is 5.75 Å². The molecule has 0 fully saturated rings. The minimum Gasteiger partial charge on any atom is -0.508 e. The maximum absolute atomic E-state index is 13.4. The van der Waals surface area contributed by atoms with Crippen molar-refractivity contribution in [2.75, 3.05) is 11.9 Å². The summed E-state index contributed by atoms with van der Waals surface area (Å²) in [7, 11) is 1.44. The number of hydrogen-bond donors (Lipinski definition) is 2. The second kappa shape index (κ2) is 6.71. The number of rotatable bonds is 3. The van der Waals surface area contributed by atoms with Crippen molar-refractivity contribution in [2.24, 2.45) is 0 Å². The molecule has 0 heterocycles. The summed E-state index contributed by atoms with van der Waals surface area (Å²) in [5, 5.41) is 11.6. The molecule has 114 valence electrons. The van der Waals surface area contributed by atoms with Crippen LogP contribution in [0.2, 0.25) is 0 Å². The van der Waals surface area contributed by atoms with Crippen LogP contribution >= 0.6 is 0 Å². The van der Waals surface area contributed by atoms with Gasteiger partial charge in [-0.05, 0) is 30.3 Å². The molecule has 0 unspecified atom stereocenters. The molecule has 0 bridgehead atoms. The molecule has 22 heavy (non-hydrogen) atoms. The summed E-state index contributed by atoms with van der Waals surface area (Å²) in [4.78, 5) is 25.0. The summed E-state index contributed by atoms with van der Waals surface area (Å²) in [6.07, 6.45) is 0. The molecule has 0 spiro atoms. The van der Waals surface area contributed by atoms with Crippen LogP contribution in [-0.4, -0.2) is 24.0 Å². The summed E-state index contributed by atoms with van der Waals surface area (Å²) >= 11 is 0. The van der Waals surface area contributed by atoms with E-state index in [2.05, 4.69) is 5.32 Å². The van der Waals surface area contributed by atoms with Crippen molar-refractivity contribution in [3.63, 3.8) is 0 Å². The van der Waals surface area contributed by atoms with E-state index in [1.165, 1.54) is 43.4 Å². The van der Waals surface area contributed by atoms with Crippen molar-refractivity contribution in [3.05, 3.63) is 59.9 Å². The molecule has 0 saturated carbocycles. The molecule has 0 aromatic heterocycles. The van der Waals surface area contributed by atoms with Gasteiger partial charge in [-0.1, -0.05) is 18.2 Å². The Hall–Kier alpha value is -2.89. The van der Waals surface area contributed by atoms with Crippen LogP contribution in [0.5, 0.6) is 5.75 Å². The molecule has 0 radical (unpaired) electrons. The lowest BCUT2D eigenvalue weighted by Crippen LogP contribution is -2.40. The third kappa shape index (κ3) is 3.60. The molecular formula is C16H15FN2O3. The van der Waals surface area contributed by atoms with Gasteiger partial charge < -0.3 is 15.3 Å². The lowest BCUT2D eigenvalue weighted by Gasteiger charge is -2.16. The van der Waals surface area contributed by atoms with Gasteiger partial charge in [0.2, 0.25) is 0 Å². The number of nitrogens with one attached hydrogen (secondary N) is 1. The highest BCUT2D eigenvalue weighted by atomic mass is 19.1. The number of nitrogens with zero attached hydrogens (tertiary/aromatic N) is 1. The zero-order chi connectivity index (χ0) is 16.1. The number of anilines is 1. The van der Waals surface area contributed by atoms with Crippen LogP contribution in [0.4, 0.5) is 10.1 Å². The number of phenolic OH excluding ortho intramolecular Hbond substituents is 1. The van der Waals surface area contributed by atoms with Gasteiger partial charge in [-0.15, -0.1) is 0 Å². The van der Waals surface area contributed by atoms with Crippen LogP contribution in [0.3, 0.4) is 0 Å². The summed E-state index contributed by atoms with van der Waals surface area (Å²) in [6.45, 7) is -0.0688. The first-order chi connectivity index (χ1) is 10.5. The smallest absolute Gasteiger partial charge is 0.316 e. The monoisotopic (exact) mass is 302 g/mol. The van der Waals surface area contributed by atoms with Crippen LogP contribution in [-0.2, 0) is 16.1 Å². The lowest BCUT2D eigenvalue weighted by atomic mass is 10.2. The SMILES string of the molecule is CN(C(=O)C(=O)NCc1ccccc1F)c1ccc(O)cc1. The summed E-state index contributed by atoms with van der Waals surface area (Å²) in [5.74, 6) is -1.99. The van der Waals surface area contributed by atoms with Crippen molar-refractivity contribution in [1.82, 2.24) is 5.32 Å². The van der Waals surface area contributed by atoms with E-state index in [-0.39, 0.29) is 12.3 Å². The summed E-state index contributed by atoms with van der Waals surface area (Å²) in [5.41, 5.74) is 0.764. The zero-order valence-corrected chi connectivity index (χ0v) is 11.9. The number of carbonyl (C=O) groups excluding carboxylic acids is 2. The molecule has 0 aliphatic rings. The van der Waals surface area contributed by atoms with Crippen molar-refractivity contribution in [2.45, 2.75) is 6.54 Å². The molecule has 0 aliphatic carbocycles. The molecule has 2 aromatic carbocycles. The topological polar surface area (TPSA) is 69.6 Å². The first-order valence-corrected chi connectivity index (χ1v) is 6.57. The first kappa shape index (κ1) is 15.5. The maximum Gasteiger partial charge on any atom is 0.316 e. The Labute approximate surface area is 127 Å². The number of halogens is 1. The van der Waals surface area contributed by atoms with Gasteiger partial charge >= 0.3 is 11.8 Å². The Bertz CT molecular complexity index is 686. The largest absolute Gasteiger partial charge is 0.508 e. The number of benzene rings is 2. The average Bonchev–Trinajstić information content (AvgIpc) is 2.53. The highest BCUT2D eigenvalue weighted by Crippen LogP contribution is 2.17. The predicted molar refractivity (Wildman–Crippen MR) is 79.8 cm³/mol. The predicted octanol–water partition coefficient (Wildman–Crippen LogP) is 1.81. The van der Waals surface area contributed by atoms with Crippen LogP contribution in [0.25, 0.3) is 0 Å². The van der Waals surface area contributed by atoms with Crippen molar-refractivity contribution in [1.29, 1.82) is 0 Å². The van der Waals surface area contributed by atoms with E-state index in [4.69, 9.17) is 0 Å². The highest BCUT2D eigenvalue weighted by Gasteiger charge is 2.19. The second-order valence-corrected chi connectivity index (χ2v) is 4.65. The maximum atomic E-state index is 13.4. The standard InChI is InChI=1S/C16H15FN2O3/c1-19(12-6-8-13(20)9-7-12)16(22)15(21)18-10-11-4-2-3-5-14(11)17/h2-9,20H,10H2,1H3,(H,18,21). The average molecular weight is 302 g/mol. The van der Waals surface area contributed by atoms with Gasteiger partial charge in [-0.25, -0.2) is 4.39 Å². The van der Waals surface area contributed by atoms with Gasteiger partial charge in [0.25, 0.3) is 0 Å². The summed E-state index contributed by atoms with van der Waals surface area (Å²) in [6, 6.07) is 11.9. The Balaban J connectivity index is 1.98. The van der Waals surface area contributed by atoms with Gasteiger partial charge in [0.15, 0.2) is 0 Å². The van der Waals surface area contributed by atoms with Crippen LogP contribution in [0, 0.1) is 5.82 Å². The minimum atomic E-state index is -0.834. The number of aromatic hydroxyl groups is 1. The first-order valence-electron chi connectivity index (χ1n) is 6.57. The van der Waals surface area contributed by atoms with Gasteiger partial charge in [0.1, 0.15) is 11.6 Å². The summed E-state index contributed by atoms with van der Waals surface area (Å²) < 4.78 is 13.4. The number of hydrogen-bond acceptors (Lipinski definition) is 3.